The summed E-state index contributed by atoms with van der Waals surface area (Å²) < 4.78 is 5.62. The van der Waals surface area contributed by atoms with Crippen molar-refractivity contribution in [2.75, 3.05) is 6.54 Å². The smallest absolute Gasteiger partial charge is 0.410 e. The molecule has 0 saturated heterocycles. The minimum atomic E-state index is -0.446. The number of nitrogens with zero attached hydrogens (tertiary/aromatic N) is 1. The van der Waals surface area contributed by atoms with E-state index in [0.717, 1.165) is 19.4 Å². The predicted molar refractivity (Wildman–Crippen MR) is 88.4 cm³/mol. The lowest BCUT2D eigenvalue weighted by molar-refractivity contribution is 0.0118. The summed E-state index contributed by atoms with van der Waals surface area (Å²) in [6.45, 7) is 13.0. The number of ether oxygens (including phenoxy) is 1. The molecule has 0 fully saturated rings. The van der Waals surface area contributed by atoms with E-state index < -0.39 is 5.60 Å². The zero-order chi connectivity index (χ0) is 16.1. The number of rotatable bonds is 2. The molecule has 0 saturated carbocycles. The van der Waals surface area contributed by atoms with Crippen molar-refractivity contribution in [2.45, 2.75) is 85.3 Å². The summed E-state index contributed by atoms with van der Waals surface area (Å²) in [5.41, 5.74) is -0.383. The highest BCUT2D eigenvalue weighted by Crippen LogP contribution is 2.24. The van der Waals surface area contributed by atoms with E-state index in [-0.39, 0.29) is 17.6 Å². The van der Waals surface area contributed by atoms with Crippen LogP contribution in [0, 0.1) is 5.41 Å². The van der Waals surface area contributed by atoms with Crippen molar-refractivity contribution >= 4 is 6.09 Å². The van der Waals surface area contributed by atoms with Crippen LogP contribution in [0.25, 0.3) is 0 Å². The van der Waals surface area contributed by atoms with E-state index >= 15 is 0 Å². The summed E-state index contributed by atoms with van der Waals surface area (Å²) in [4.78, 5) is 14.5. The van der Waals surface area contributed by atoms with E-state index in [9.17, 15) is 4.79 Å². The highest BCUT2D eigenvalue weighted by atomic mass is 16.6. The van der Waals surface area contributed by atoms with Gasteiger partial charge in [-0.2, -0.15) is 0 Å². The Morgan fingerprint density at radius 3 is 2.38 bits per heavy atom. The molecule has 3 heteroatoms. The maximum Gasteiger partial charge on any atom is 0.410 e. The SMILES string of the molecule is CC(C)(C)CN(C(=O)OC(C)(C)C)C1/C=C/CCCCC1. The maximum atomic E-state index is 12.6. The second-order valence-corrected chi connectivity index (χ2v) is 8.30. The number of hydrogen-bond acceptors (Lipinski definition) is 2. The van der Waals surface area contributed by atoms with Crippen molar-refractivity contribution < 1.29 is 9.53 Å². The summed E-state index contributed by atoms with van der Waals surface area (Å²) in [6.07, 6.45) is 10.1. The molecular formula is C18H33NO2. The highest BCUT2D eigenvalue weighted by Gasteiger charge is 2.30. The van der Waals surface area contributed by atoms with Crippen LogP contribution in [0.15, 0.2) is 12.2 Å². The molecule has 0 aliphatic heterocycles. The predicted octanol–water partition coefficient (Wildman–Crippen LogP) is 5.16. The molecule has 1 unspecified atom stereocenters. The Morgan fingerprint density at radius 2 is 1.81 bits per heavy atom. The molecule has 0 bridgehead atoms. The van der Waals surface area contributed by atoms with Crippen LogP contribution in [0.3, 0.4) is 0 Å². The van der Waals surface area contributed by atoms with Crippen LogP contribution < -0.4 is 0 Å². The monoisotopic (exact) mass is 295 g/mol. The van der Waals surface area contributed by atoms with E-state index in [0.29, 0.717) is 0 Å². The van der Waals surface area contributed by atoms with E-state index in [1.807, 2.05) is 25.7 Å². The van der Waals surface area contributed by atoms with E-state index in [1.165, 1.54) is 19.3 Å². The van der Waals surface area contributed by atoms with Gasteiger partial charge in [-0.1, -0.05) is 45.8 Å². The number of carbonyl (C=O) groups excluding carboxylic acids is 1. The Kier molecular flexibility index (Phi) is 6.30. The van der Waals surface area contributed by atoms with Crippen LogP contribution in [0.1, 0.15) is 73.6 Å². The Bertz CT molecular complexity index is 360. The van der Waals surface area contributed by atoms with Crippen molar-refractivity contribution in [1.29, 1.82) is 0 Å². The average Bonchev–Trinajstić information content (AvgIpc) is 2.22. The van der Waals surface area contributed by atoms with Gasteiger partial charge in [-0.05, 0) is 45.4 Å². The first-order chi connectivity index (χ1) is 9.58. The van der Waals surface area contributed by atoms with Gasteiger partial charge in [0.25, 0.3) is 0 Å². The minimum absolute atomic E-state index is 0.0626. The van der Waals surface area contributed by atoms with Crippen molar-refractivity contribution in [2.24, 2.45) is 5.41 Å². The van der Waals surface area contributed by atoms with Gasteiger partial charge < -0.3 is 9.64 Å². The molecule has 0 spiro atoms. The summed E-state index contributed by atoms with van der Waals surface area (Å²) >= 11 is 0. The third kappa shape index (κ3) is 7.54. The molecule has 1 aliphatic rings. The topological polar surface area (TPSA) is 29.5 Å². The highest BCUT2D eigenvalue weighted by molar-refractivity contribution is 5.69. The molecule has 1 amide bonds. The van der Waals surface area contributed by atoms with Gasteiger partial charge in [0.2, 0.25) is 0 Å². The van der Waals surface area contributed by atoms with E-state index in [1.54, 1.807) is 0 Å². The van der Waals surface area contributed by atoms with Crippen LogP contribution in [0.5, 0.6) is 0 Å². The van der Waals surface area contributed by atoms with Crippen molar-refractivity contribution in [3.63, 3.8) is 0 Å². The molecule has 0 N–H and O–H groups in total. The van der Waals surface area contributed by atoms with Crippen LogP contribution in [-0.2, 0) is 4.74 Å². The van der Waals surface area contributed by atoms with Gasteiger partial charge in [0, 0.05) is 6.54 Å². The third-order valence-corrected chi connectivity index (χ3v) is 3.40. The molecule has 122 valence electrons. The van der Waals surface area contributed by atoms with Crippen molar-refractivity contribution in [3.05, 3.63) is 12.2 Å². The fourth-order valence-corrected chi connectivity index (χ4v) is 2.55. The third-order valence-electron chi connectivity index (χ3n) is 3.40. The Labute approximate surface area is 130 Å². The fraction of sp³-hybridized carbons (Fsp3) is 0.833. The standard InChI is InChI=1S/C18H33NO2/c1-17(2,3)14-19(16(20)21-18(4,5)6)15-12-10-8-7-9-11-13-15/h10,12,15H,7-9,11,13-14H2,1-6H3/b12-10+. The second kappa shape index (κ2) is 7.33. The molecule has 0 aromatic rings. The zero-order valence-corrected chi connectivity index (χ0v) is 14.7. The van der Waals surface area contributed by atoms with E-state index in [2.05, 4.69) is 32.9 Å². The number of allylic oxidation sites excluding steroid dienone is 1. The quantitative estimate of drug-likeness (QED) is 0.659. The molecule has 0 heterocycles. The van der Waals surface area contributed by atoms with Gasteiger partial charge in [0.1, 0.15) is 5.60 Å². The summed E-state index contributed by atoms with van der Waals surface area (Å²) in [5.74, 6) is 0. The van der Waals surface area contributed by atoms with Gasteiger partial charge >= 0.3 is 6.09 Å². The Balaban J connectivity index is 2.89. The van der Waals surface area contributed by atoms with Crippen LogP contribution >= 0.6 is 0 Å². The Morgan fingerprint density at radius 1 is 1.14 bits per heavy atom. The van der Waals surface area contributed by atoms with Gasteiger partial charge in [-0.15, -0.1) is 0 Å². The lowest BCUT2D eigenvalue weighted by Gasteiger charge is -2.36. The number of hydrogen-bond donors (Lipinski definition) is 0. The summed E-state index contributed by atoms with van der Waals surface area (Å²) in [7, 11) is 0. The van der Waals surface area contributed by atoms with Gasteiger partial charge in [-0.3, -0.25) is 0 Å². The second-order valence-electron chi connectivity index (χ2n) is 8.30. The zero-order valence-electron chi connectivity index (χ0n) is 14.7. The largest absolute Gasteiger partial charge is 0.444 e. The molecule has 1 rings (SSSR count). The fourth-order valence-electron chi connectivity index (χ4n) is 2.55. The van der Waals surface area contributed by atoms with Gasteiger partial charge in [-0.25, -0.2) is 4.79 Å². The van der Waals surface area contributed by atoms with Gasteiger partial charge in [0.05, 0.1) is 6.04 Å². The summed E-state index contributed by atoms with van der Waals surface area (Å²) in [6, 6.07) is 0.166. The van der Waals surface area contributed by atoms with Crippen LogP contribution in [0.2, 0.25) is 0 Å². The molecule has 0 radical (unpaired) electrons. The Hall–Kier alpha value is -0.990. The molecule has 1 atom stereocenters. The van der Waals surface area contributed by atoms with Crippen molar-refractivity contribution in [3.8, 4) is 0 Å². The summed E-state index contributed by atoms with van der Waals surface area (Å²) in [5, 5.41) is 0. The molecule has 3 nitrogen and oxygen atoms in total. The lowest BCUT2D eigenvalue weighted by Crippen LogP contribution is -2.46. The molecule has 0 aromatic heterocycles. The maximum absolute atomic E-state index is 12.6. The first-order valence-electron chi connectivity index (χ1n) is 8.25. The first-order valence-corrected chi connectivity index (χ1v) is 8.25. The average molecular weight is 295 g/mol. The molecule has 0 aromatic carbocycles. The van der Waals surface area contributed by atoms with Crippen molar-refractivity contribution in [1.82, 2.24) is 4.90 Å². The lowest BCUT2D eigenvalue weighted by atomic mass is 9.94. The molecular weight excluding hydrogens is 262 g/mol. The normalized spacial score (nSPS) is 22.1. The molecule has 1 aliphatic carbocycles. The van der Waals surface area contributed by atoms with Crippen LogP contribution in [-0.4, -0.2) is 29.2 Å². The van der Waals surface area contributed by atoms with Crippen LogP contribution in [0.4, 0.5) is 4.79 Å². The van der Waals surface area contributed by atoms with E-state index in [4.69, 9.17) is 4.74 Å². The first kappa shape index (κ1) is 18.1. The molecule has 21 heavy (non-hydrogen) atoms. The number of amides is 1. The minimum Gasteiger partial charge on any atom is -0.444 e. The van der Waals surface area contributed by atoms with Gasteiger partial charge in [0.15, 0.2) is 0 Å². The number of carbonyl (C=O) groups is 1.